The summed E-state index contributed by atoms with van der Waals surface area (Å²) in [5.74, 6) is -0.514. The van der Waals surface area contributed by atoms with Gasteiger partial charge in [0.15, 0.2) is 0 Å². The van der Waals surface area contributed by atoms with Gasteiger partial charge in [0, 0.05) is 6.42 Å². The minimum absolute atomic E-state index is 0.0568. The molecule has 3 N–H and O–H groups in total. The van der Waals surface area contributed by atoms with E-state index in [2.05, 4.69) is 74.7 Å². The van der Waals surface area contributed by atoms with E-state index in [-0.39, 0.29) is 24.9 Å². The van der Waals surface area contributed by atoms with Crippen molar-refractivity contribution in [3.8, 4) is 0 Å². The summed E-state index contributed by atoms with van der Waals surface area (Å²) in [6.45, 7) is 6.34. The lowest BCUT2D eigenvalue weighted by Gasteiger charge is -2.24. The number of aliphatic hydroxyl groups excluding tert-OH is 2. The molecule has 0 aromatic carbocycles. The first-order chi connectivity index (χ1) is 28.0. The third kappa shape index (κ3) is 40.4. The lowest BCUT2D eigenvalue weighted by Crippen LogP contribution is -2.46. The SMILES string of the molecule is CC/C=C/C/C=C/C/C=C/CCCCCCC(CC(=O)NC(CO)C(O)CCCCCCCCCCCC)OC(=O)CCCCC/C=C\CCCCCCCCC. The molecule has 0 aliphatic rings. The van der Waals surface area contributed by atoms with Crippen molar-refractivity contribution < 1.29 is 24.5 Å². The van der Waals surface area contributed by atoms with Gasteiger partial charge in [0.2, 0.25) is 5.91 Å². The highest BCUT2D eigenvalue weighted by Crippen LogP contribution is 2.17. The molecule has 0 radical (unpaired) electrons. The predicted octanol–water partition coefficient (Wildman–Crippen LogP) is 14.3. The van der Waals surface area contributed by atoms with E-state index in [9.17, 15) is 19.8 Å². The Balaban J connectivity index is 4.66. The second-order valence-corrected chi connectivity index (χ2v) is 16.5. The first-order valence-corrected chi connectivity index (χ1v) is 24.4. The van der Waals surface area contributed by atoms with Crippen LogP contribution in [-0.2, 0) is 14.3 Å². The molecule has 0 rings (SSSR count). The molecule has 6 nitrogen and oxygen atoms in total. The lowest BCUT2D eigenvalue weighted by atomic mass is 10.0. The van der Waals surface area contributed by atoms with Crippen LogP contribution in [0.4, 0.5) is 0 Å². The number of ether oxygens (including phenoxy) is 1. The maximum Gasteiger partial charge on any atom is 0.306 e. The molecule has 0 aromatic rings. The summed E-state index contributed by atoms with van der Waals surface area (Å²) < 4.78 is 5.90. The van der Waals surface area contributed by atoms with Crippen molar-refractivity contribution in [2.24, 2.45) is 0 Å². The van der Waals surface area contributed by atoms with Crippen molar-refractivity contribution >= 4 is 11.9 Å². The average molecular weight is 800 g/mol. The minimum Gasteiger partial charge on any atom is -0.462 e. The molecule has 3 unspecified atom stereocenters. The van der Waals surface area contributed by atoms with Gasteiger partial charge < -0.3 is 20.3 Å². The molecule has 0 spiro atoms. The number of carbonyl (C=O) groups is 2. The molecule has 0 fully saturated rings. The first kappa shape index (κ1) is 54.8. The van der Waals surface area contributed by atoms with E-state index >= 15 is 0 Å². The number of hydrogen-bond donors (Lipinski definition) is 3. The van der Waals surface area contributed by atoms with Crippen LogP contribution < -0.4 is 5.32 Å². The number of rotatable bonds is 43. The predicted molar refractivity (Wildman–Crippen MR) is 245 cm³/mol. The Kier molecular flexibility index (Phi) is 43.2. The fraction of sp³-hybridized carbons (Fsp3) is 0.804. The quantitative estimate of drug-likeness (QED) is 0.0324. The number of nitrogens with one attached hydrogen (secondary N) is 1. The van der Waals surface area contributed by atoms with Gasteiger partial charge in [0.25, 0.3) is 0 Å². The van der Waals surface area contributed by atoms with Crippen LogP contribution in [0.5, 0.6) is 0 Å². The van der Waals surface area contributed by atoms with Gasteiger partial charge >= 0.3 is 5.97 Å². The Morgan fingerprint density at radius 2 is 0.947 bits per heavy atom. The van der Waals surface area contributed by atoms with Crippen LogP contribution in [0.25, 0.3) is 0 Å². The number of unbranched alkanes of at least 4 members (excludes halogenated alkanes) is 23. The molecule has 0 aromatic heterocycles. The van der Waals surface area contributed by atoms with Crippen molar-refractivity contribution in [3.63, 3.8) is 0 Å². The summed E-state index contributed by atoms with van der Waals surface area (Å²) in [5, 5.41) is 23.7. The number of esters is 1. The molecule has 1 amide bonds. The fourth-order valence-electron chi connectivity index (χ4n) is 7.20. The molecule has 0 bridgehead atoms. The number of hydrogen-bond acceptors (Lipinski definition) is 5. The standard InChI is InChI=1S/C51H93NO5/c1-4-7-10-13-16-19-22-24-26-28-30-33-36-39-42-47(57-51(56)44-41-38-35-32-29-27-25-23-20-17-14-11-8-5-2)45-50(55)52-48(46-53)49(54)43-40-37-34-31-21-18-15-12-9-6-3/h7,10,16,19,24,26-27,29,47-49,53-54H,4-6,8-9,11-15,17-18,20-23,25,28,30-46H2,1-3H3,(H,52,55)/b10-7+,19-16+,26-24+,29-27-. The Labute approximate surface area is 353 Å². The van der Waals surface area contributed by atoms with Gasteiger partial charge in [-0.3, -0.25) is 9.59 Å². The first-order valence-electron chi connectivity index (χ1n) is 24.4. The monoisotopic (exact) mass is 800 g/mol. The van der Waals surface area contributed by atoms with E-state index < -0.39 is 18.2 Å². The number of carbonyl (C=O) groups excluding carboxylic acids is 2. The van der Waals surface area contributed by atoms with E-state index in [4.69, 9.17) is 4.74 Å². The van der Waals surface area contributed by atoms with E-state index in [1.807, 2.05) is 0 Å². The van der Waals surface area contributed by atoms with Gasteiger partial charge in [-0.05, 0) is 83.5 Å². The molecule has 57 heavy (non-hydrogen) atoms. The third-order valence-electron chi connectivity index (χ3n) is 10.9. The molecule has 0 saturated carbocycles. The molecule has 0 aliphatic heterocycles. The summed E-state index contributed by atoms with van der Waals surface area (Å²) in [6, 6.07) is -0.710. The number of aliphatic hydroxyl groups is 2. The van der Waals surface area contributed by atoms with Gasteiger partial charge in [-0.1, -0.05) is 191 Å². The van der Waals surface area contributed by atoms with Crippen molar-refractivity contribution in [2.45, 2.75) is 257 Å². The summed E-state index contributed by atoms with van der Waals surface area (Å²) in [5.41, 5.74) is 0. The van der Waals surface area contributed by atoms with Crippen LogP contribution in [0.3, 0.4) is 0 Å². The molecule has 3 atom stereocenters. The zero-order chi connectivity index (χ0) is 41.7. The summed E-state index contributed by atoms with van der Waals surface area (Å²) in [6.07, 6.45) is 53.1. The third-order valence-corrected chi connectivity index (χ3v) is 10.9. The van der Waals surface area contributed by atoms with Gasteiger partial charge in [0.05, 0.1) is 25.2 Å². The smallest absolute Gasteiger partial charge is 0.306 e. The fourth-order valence-corrected chi connectivity index (χ4v) is 7.20. The van der Waals surface area contributed by atoms with Crippen molar-refractivity contribution in [1.82, 2.24) is 5.32 Å². The van der Waals surface area contributed by atoms with Gasteiger partial charge in [-0.25, -0.2) is 0 Å². The van der Waals surface area contributed by atoms with Crippen LogP contribution in [0.2, 0.25) is 0 Å². The summed E-state index contributed by atoms with van der Waals surface area (Å²) >= 11 is 0. The van der Waals surface area contributed by atoms with E-state index in [1.165, 1.54) is 96.3 Å². The van der Waals surface area contributed by atoms with Crippen molar-refractivity contribution in [1.29, 1.82) is 0 Å². The van der Waals surface area contributed by atoms with Crippen molar-refractivity contribution in [3.05, 3.63) is 48.6 Å². The van der Waals surface area contributed by atoms with Gasteiger partial charge in [-0.2, -0.15) is 0 Å². The molecule has 332 valence electrons. The maximum absolute atomic E-state index is 13.1. The summed E-state index contributed by atoms with van der Waals surface area (Å²) in [4.78, 5) is 26.0. The second kappa shape index (κ2) is 44.9. The van der Waals surface area contributed by atoms with Gasteiger partial charge in [0.1, 0.15) is 6.10 Å². The average Bonchev–Trinajstić information content (AvgIpc) is 3.20. The highest BCUT2D eigenvalue weighted by Gasteiger charge is 2.24. The molecular formula is C51H93NO5. The minimum atomic E-state index is -0.794. The highest BCUT2D eigenvalue weighted by molar-refractivity contribution is 5.77. The van der Waals surface area contributed by atoms with Crippen LogP contribution in [-0.4, -0.2) is 46.9 Å². The second-order valence-electron chi connectivity index (χ2n) is 16.5. The topological polar surface area (TPSA) is 95.9 Å². The van der Waals surface area contributed by atoms with Crippen LogP contribution in [0.15, 0.2) is 48.6 Å². The normalized spacial score (nSPS) is 13.7. The van der Waals surface area contributed by atoms with E-state index in [1.54, 1.807) is 0 Å². The lowest BCUT2D eigenvalue weighted by molar-refractivity contribution is -0.151. The zero-order valence-electron chi connectivity index (χ0n) is 37.7. The Morgan fingerprint density at radius 3 is 1.46 bits per heavy atom. The highest BCUT2D eigenvalue weighted by atomic mass is 16.5. The van der Waals surface area contributed by atoms with Crippen LogP contribution in [0.1, 0.15) is 239 Å². The zero-order valence-corrected chi connectivity index (χ0v) is 37.7. The summed E-state index contributed by atoms with van der Waals surface area (Å²) in [7, 11) is 0. The van der Waals surface area contributed by atoms with Crippen molar-refractivity contribution in [2.75, 3.05) is 6.61 Å². The Bertz CT molecular complexity index is 988. The van der Waals surface area contributed by atoms with Crippen LogP contribution in [0, 0.1) is 0 Å². The maximum atomic E-state index is 13.1. The molecule has 6 heteroatoms. The molecular weight excluding hydrogens is 707 g/mol. The molecule has 0 heterocycles. The van der Waals surface area contributed by atoms with Crippen LogP contribution >= 0.6 is 0 Å². The molecule has 0 aliphatic carbocycles. The molecule has 0 saturated heterocycles. The van der Waals surface area contributed by atoms with E-state index in [0.717, 1.165) is 96.3 Å². The largest absolute Gasteiger partial charge is 0.462 e. The van der Waals surface area contributed by atoms with Gasteiger partial charge in [-0.15, -0.1) is 0 Å². The Morgan fingerprint density at radius 1 is 0.526 bits per heavy atom. The number of allylic oxidation sites excluding steroid dienone is 8. The number of amides is 1. The Hall–Kier alpha value is -2.18. The van der Waals surface area contributed by atoms with E-state index in [0.29, 0.717) is 19.3 Å².